The van der Waals surface area contributed by atoms with Gasteiger partial charge in [0.2, 0.25) is 0 Å². The van der Waals surface area contributed by atoms with Crippen molar-refractivity contribution in [3.05, 3.63) is 75.4 Å². The molecule has 0 aromatic heterocycles. The third-order valence-electron chi connectivity index (χ3n) is 4.58. The summed E-state index contributed by atoms with van der Waals surface area (Å²) in [4.78, 5) is 29.2. The Bertz CT molecular complexity index is 991. The Balaban J connectivity index is 2.09. The number of methoxy groups -OCH3 is 1. The van der Waals surface area contributed by atoms with Crippen molar-refractivity contribution in [1.82, 2.24) is 0 Å². The molecule has 0 bridgehead atoms. The number of anilines is 2. The van der Waals surface area contributed by atoms with Gasteiger partial charge in [-0.05, 0) is 48.9 Å². The number of carbonyl (C=O) groups excluding carboxylic acids is 2. The second kappa shape index (κ2) is 8.02. The SMILES string of the molecule is COC(=O)C1=C(C)N(c2cccc(Br)c2)C(=O)C1=Cc1ccc(N(C)C)cc1. The van der Waals surface area contributed by atoms with E-state index in [1.54, 1.807) is 13.0 Å². The topological polar surface area (TPSA) is 49.9 Å². The quantitative estimate of drug-likeness (QED) is 0.522. The van der Waals surface area contributed by atoms with Crippen LogP contribution >= 0.6 is 15.9 Å². The fourth-order valence-corrected chi connectivity index (χ4v) is 3.53. The molecule has 1 heterocycles. The molecule has 2 aromatic carbocycles. The highest BCUT2D eigenvalue weighted by atomic mass is 79.9. The van der Waals surface area contributed by atoms with Gasteiger partial charge in [-0.15, -0.1) is 0 Å². The van der Waals surface area contributed by atoms with E-state index in [9.17, 15) is 9.59 Å². The molecule has 0 aliphatic carbocycles. The molecule has 1 aliphatic heterocycles. The Morgan fingerprint density at radius 1 is 1.14 bits per heavy atom. The Morgan fingerprint density at radius 2 is 1.82 bits per heavy atom. The second-order valence-corrected chi connectivity index (χ2v) is 7.53. The predicted molar refractivity (Wildman–Crippen MR) is 115 cm³/mol. The summed E-state index contributed by atoms with van der Waals surface area (Å²) in [7, 11) is 5.24. The third-order valence-corrected chi connectivity index (χ3v) is 5.07. The normalized spacial score (nSPS) is 15.4. The summed E-state index contributed by atoms with van der Waals surface area (Å²) in [6.45, 7) is 1.75. The lowest BCUT2D eigenvalue weighted by Gasteiger charge is -2.18. The van der Waals surface area contributed by atoms with Crippen LogP contribution in [0.5, 0.6) is 0 Å². The predicted octanol–water partition coefficient (Wildman–Crippen LogP) is 4.39. The van der Waals surface area contributed by atoms with E-state index in [0.717, 1.165) is 15.7 Å². The molecule has 5 nitrogen and oxygen atoms in total. The van der Waals surface area contributed by atoms with Crippen molar-refractivity contribution in [3.8, 4) is 0 Å². The Kier molecular flexibility index (Phi) is 5.70. The van der Waals surface area contributed by atoms with Crippen molar-refractivity contribution >= 4 is 45.3 Å². The first-order valence-electron chi connectivity index (χ1n) is 8.72. The smallest absolute Gasteiger partial charge is 0.340 e. The van der Waals surface area contributed by atoms with Gasteiger partial charge in [0.25, 0.3) is 5.91 Å². The lowest BCUT2D eigenvalue weighted by molar-refractivity contribution is -0.136. The van der Waals surface area contributed by atoms with E-state index in [4.69, 9.17) is 4.74 Å². The molecule has 0 atom stereocenters. The summed E-state index contributed by atoms with van der Waals surface area (Å²) < 4.78 is 5.80. The number of rotatable bonds is 4. The van der Waals surface area contributed by atoms with Gasteiger partial charge in [0, 0.05) is 30.0 Å². The third kappa shape index (κ3) is 3.73. The van der Waals surface area contributed by atoms with Gasteiger partial charge in [0.15, 0.2) is 0 Å². The van der Waals surface area contributed by atoms with Crippen LogP contribution in [-0.2, 0) is 14.3 Å². The summed E-state index contributed by atoms with van der Waals surface area (Å²) in [5, 5.41) is 0. The number of halogens is 1. The lowest BCUT2D eigenvalue weighted by atomic mass is 10.0. The fraction of sp³-hybridized carbons (Fsp3) is 0.182. The minimum atomic E-state index is -0.528. The lowest BCUT2D eigenvalue weighted by Crippen LogP contribution is -2.24. The van der Waals surface area contributed by atoms with Crippen molar-refractivity contribution < 1.29 is 14.3 Å². The zero-order valence-electron chi connectivity index (χ0n) is 16.2. The van der Waals surface area contributed by atoms with Gasteiger partial charge in [-0.1, -0.05) is 34.1 Å². The summed E-state index contributed by atoms with van der Waals surface area (Å²) in [6.07, 6.45) is 1.73. The molecule has 0 spiro atoms. The molecule has 0 radical (unpaired) electrons. The molecule has 144 valence electrons. The number of benzene rings is 2. The highest BCUT2D eigenvalue weighted by molar-refractivity contribution is 9.10. The Morgan fingerprint density at radius 3 is 2.39 bits per heavy atom. The number of allylic oxidation sites excluding steroid dienone is 1. The molecule has 0 unspecified atom stereocenters. The van der Waals surface area contributed by atoms with Gasteiger partial charge in [0.05, 0.1) is 23.9 Å². The van der Waals surface area contributed by atoms with Gasteiger partial charge >= 0.3 is 5.97 Å². The van der Waals surface area contributed by atoms with E-state index in [2.05, 4.69) is 15.9 Å². The second-order valence-electron chi connectivity index (χ2n) is 6.62. The number of nitrogens with zero attached hydrogens (tertiary/aromatic N) is 2. The van der Waals surface area contributed by atoms with Crippen LogP contribution in [0.25, 0.3) is 6.08 Å². The number of ether oxygens (including phenoxy) is 1. The van der Waals surface area contributed by atoms with Crippen LogP contribution in [0.3, 0.4) is 0 Å². The fourth-order valence-electron chi connectivity index (χ4n) is 3.14. The van der Waals surface area contributed by atoms with Gasteiger partial charge in [-0.25, -0.2) is 4.79 Å². The Labute approximate surface area is 173 Å². The minimum Gasteiger partial charge on any atom is -0.465 e. The van der Waals surface area contributed by atoms with Crippen LogP contribution in [0.1, 0.15) is 12.5 Å². The first kappa shape index (κ1) is 19.9. The highest BCUT2D eigenvalue weighted by Gasteiger charge is 2.37. The number of hydrogen-bond donors (Lipinski definition) is 0. The maximum atomic E-state index is 13.2. The monoisotopic (exact) mass is 440 g/mol. The van der Waals surface area contributed by atoms with Crippen molar-refractivity contribution in [2.24, 2.45) is 0 Å². The van der Waals surface area contributed by atoms with Crippen LogP contribution < -0.4 is 9.80 Å². The van der Waals surface area contributed by atoms with E-state index >= 15 is 0 Å². The highest BCUT2D eigenvalue weighted by Crippen LogP contribution is 2.36. The molecule has 2 aromatic rings. The summed E-state index contributed by atoms with van der Waals surface area (Å²) in [5.74, 6) is -0.785. The van der Waals surface area contributed by atoms with E-state index < -0.39 is 5.97 Å². The maximum absolute atomic E-state index is 13.2. The summed E-state index contributed by atoms with van der Waals surface area (Å²) in [6, 6.07) is 15.2. The molecular weight excluding hydrogens is 420 g/mol. The first-order chi connectivity index (χ1) is 13.3. The van der Waals surface area contributed by atoms with Crippen molar-refractivity contribution in [2.75, 3.05) is 31.0 Å². The molecule has 3 rings (SSSR count). The molecule has 0 saturated heterocycles. The minimum absolute atomic E-state index is 0.257. The van der Waals surface area contributed by atoms with Crippen LogP contribution in [0.2, 0.25) is 0 Å². The van der Waals surface area contributed by atoms with Gasteiger partial charge in [-0.2, -0.15) is 0 Å². The van der Waals surface area contributed by atoms with Crippen LogP contribution in [0.15, 0.2) is 69.8 Å². The maximum Gasteiger partial charge on any atom is 0.340 e. The van der Waals surface area contributed by atoms with E-state index in [1.165, 1.54) is 12.0 Å². The number of carbonyl (C=O) groups is 2. The number of hydrogen-bond acceptors (Lipinski definition) is 4. The van der Waals surface area contributed by atoms with Crippen LogP contribution in [0, 0.1) is 0 Å². The molecule has 6 heteroatoms. The van der Waals surface area contributed by atoms with Crippen LogP contribution in [-0.4, -0.2) is 33.1 Å². The van der Waals surface area contributed by atoms with Gasteiger partial charge < -0.3 is 9.64 Å². The average Bonchev–Trinajstić information content (AvgIpc) is 2.91. The molecule has 0 fully saturated rings. The molecule has 0 N–H and O–H groups in total. The van der Waals surface area contributed by atoms with Crippen molar-refractivity contribution in [1.29, 1.82) is 0 Å². The van der Waals surface area contributed by atoms with Crippen molar-refractivity contribution in [2.45, 2.75) is 6.92 Å². The van der Waals surface area contributed by atoms with Crippen molar-refractivity contribution in [3.63, 3.8) is 0 Å². The Hall–Kier alpha value is -2.86. The van der Waals surface area contributed by atoms with Gasteiger partial charge in [0.1, 0.15) is 0 Å². The van der Waals surface area contributed by atoms with Gasteiger partial charge in [-0.3, -0.25) is 9.69 Å². The molecule has 1 amide bonds. The average molecular weight is 441 g/mol. The largest absolute Gasteiger partial charge is 0.465 e. The summed E-state index contributed by atoms with van der Waals surface area (Å²) >= 11 is 3.43. The molecule has 0 saturated carbocycles. The zero-order valence-corrected chi connectivity index (χ0v) is 17.8. The standard InChI is InChI=1S/C22H21BrN2O3/c1-14-20(22(27)28-4)19(12-15-8-10-17(11-9-15)24(2)3)21(26)25(14)18-7-5-6-16(23)13-18/h5-13H,1-4H3. The van der Waals surface area contributed by atoms with Crippen LogP contribution in [0.4, 0.5) is 11.4 Å². The van der Waals surface area contributed by atoms with E-state index in [0.29, 0.717) is 17.0 Å². The molecular formula is C22H21BrN2O3. The molecule has 28 heavy (non-hydrogen) atoms. The zero-order chi connectivity index (χ0) is 20.4. The number of amides is 1. The number of esters is 1. The van der Waals surface area contributed by atoms with E-state index in [1.807, 2.05) is 67.5 Å². The first-order valence-corrected chi connectivity index (χ1v) is 9.51. The molecule has 1 aliphatic rings. The van der Waals surface area contributed by atoms with E-state index in [-0.39, 0.29) is 11.5 Å². The summed E-state index contributed by atoms with van der Waals surface area (Å²) in [5.41, 5.74) is 3.72.